The number of aryl methyl sites for hydroxylation is 2. The zero-order valence-electron chi connectivity index (χ0n) is 19.0. The van der Waals surface area contributed by atoms with Crippen molar-refractivity contribution in [3.8, 4) is 0 Å². The Kier molecular flexibility index (Phi) is 5.47. The van der Waals surface area contributed by atoms with E-state index in [0.717, 1.165) is 24.2 Å². The van der Waals surface area contributed by atoms with E-state index in [0.29, 0.717) is 17.7 Å². The van der Waals surface area contributed by atoms with Gasteiger partial charge in [0, 0.05) is 5.69 Å². The molecular formula is C25H27N3O5S. The lowest BCUT2D eigenvalue weighted by Crippen LogP contribution is -2.48. The van der Waals surface area contributed by atoms with Gasteiger partial charge in [-0.3, -0.25) is 14.5 Å². The summed E-state index contributed by atoms with van der Waals surface area (Å²) in [7, 11) is -3.24. The molecule has 2 aromatic rings. The van der Waals surface area contributed by atoms with Crippen LogP contribution in [0.25, 0.3) is 0 Å². The minimum Gasteiger partial charge on any atom is -0.319 e. The van der Waals surface area contributed by atoms with Crippen LogP contribution in [0.4, 0.5) is 10.5 Å². The number of nitrogens with zero attached hydrogens (tertiary/aromatic N) is 2. The molecule has 5 rings (SSSR count). The lowest BCUT2D eigenvalue weighted by Gasteiger charge is -2.30. The molecule has 0 spiro atoms. The molecule has 2 aliphatic heterocycles. The highest BCUT2D eigenvalue weighted by molar-refractivity contribution is 7.91. The van der Waals surface area contributed by atoms with Crippen molar-refractivity contribution in [2.75, 3.05) is 23.0 Å². The maximum Gasteiger partial charge on any atom is 0.325 e. The summed E-state index contributed by atoms with van der Waals surface area (Å²) in [6.45, 7) is 1.20. The third-order valence-corrected chi connectivity index (χ3v) is 8.87. The fraction of sp³-hybridized carbons (Fsp3) is 0.400. The van der Waals surface area contributed by atoms with Crippen LogP contribution in [0, 0.1) is 0 Å². The predicted molar refractivity (Wildman–Crippen MR) is 127 cm³/mol. The Morgan fingerprint density at radius 3 is 2.56 bits per heavy atom. The average Bonchev–Trinajstić information content (AvgIpc) is 3.47. The molecule has 2 atom stereocenters. The summed E-state index contributed by atoms with van der Waals surface area (Å²) < 4.78 is 24.2. The molecule has 8 nitrogen and oxygen atoms in total. The van der Waals surface area contributed by atoms with E-state index in [2.05, 4.69) is 5.32 Å². The van der Waals surface area contributed by atoms with E-state index in [1.807, 2.05) is 18.2 Å². The number of urea groups is 1. The van der Waals surface area contributed by atoms with Gasteiger partial charge in [0.25, 0.3) is 5.91 Å². The highest BCUT2D eigenvalue weighted by Crippen LogP contribution is 2.33. The van der Waals surface area contributed by atoms with Gasteiger partial charge in [-0.25, -0.2) is 13.2 Å². The fourth-order valence-corrected chi connectivity index (χ4v) is 6.96. The summed E-state index contributed by atoms with van der Waals surface area (Å²) >= 11 is 0. The average molecular weight is 482 g/mol. The Morgan fingerprint density at radius 2 is 1.85 bits per heavy atom. The van der Waals surface area contributed by atoms with Gasteiger partial charge in [-0.15, -0.1) is 0 Å². The second-order valence-corrected chi connectivity index (χ2v) is 11.7. The van der Waals surface area contributed by atoms with E-state index in [4.69, 9.17) is 0 Å². The van der Waals surface area contributed by atoms with Crippen molar-refractivity contribution in [1.29, 1.82) is 0 Å². The number of hydrogen-bond donors (Lipinski definition) is 1. The molecule has 2 fully saturated rings. The normalized spacial score (nSPS) is 25.3. The van der Waals surface area contributed by atoms with Crippen LogP contribution in [0.2, 0.25) is 0 Å². The second-order valence-electron chi connectivity index (χ2n) is 9.44. The maximum atomic E-state index is 13.4. The standard InChI is InChI=1S/C25H27N3O5S/c1-25(19-11-10-17-6-5-7-18(17)14-19)23(30)27(24(31)26-25)15-22(29)28(20-8-3-2-4-9-20)21-12-13-34(32,33)16-21/h2-4,8-11,14,21H,5-7,12-13,15-16H2,1H3,(H,26,31)/t21-,25-/m1/s1. The van der Waals surface area contributed by atoms with Gasteiger partial charge in [-0.1, -0.05) is 36.4 Å². The summed E-state index contributed by atoms with van der Waals surface area (Å²) in [5.41, 5.74) is 2.43. The molecule has 0 unspecified atom stereocenters. The molecular weight excluding hydrogens is 454 g/mol. The van der Waals surface area contributed by atoms with Crippen LogP contribution in [0.3, 0.4) is 0 Å². The molecule has 4 amide bonds. The molecule has 0 saturated carbocycles. The van der Waals surface area contributed by atoms with E-state index < -0.39 is 45.8 Å². The molecule has 0 aromatic heterocycles. The van der Waals surface area contributed by atoms with Gasteiger partial charge < -0.3 is 10.2 Å². The molecule has 178 valence electrons. The number of benzene rings is 2. The third kappa shape index (κ3) is 3.87. The zero-order valence-corrected chi connectivity index (χ0v) is 19.8. The van der Waals surface area contributed by atoms with Crippen molar-refractivity contribution in [1.82, 2.24) is 10.2 Å². The van der Waals surface area contributed by atoms with E-state index in [-0.39, 0.29) is 11.5 Å². The minimum absolute atomic E-state index is 0.00775. The Labute approximate surface area is 198 Å². The molecule has 2 heterocycles. The SMILES string of the molecule is C[C@]1(c2ccc3c(c2)CCC3)NC(=O)N(CC(=O)N(c2ccccc2)[C@@H]2CCS(=O)(=O)C2)C1=O. The van der Waals surface area contributed by atoms with Crippen molar-refractivity contribution >= 4 is 33.4 Å². The Balaban J connectivity index is 1.41. The van der Waals surface area contributed by atoms with Crippen molar-refractivity contribution in [3.63, 3.8) is 0 Å². The van der Waals surface area contributed by atoms with Crippen molar-refractivity contribution in [2.45, 2.75) is 44.2 Å². The van der Waals surface area contributed by atoms with Gasteiger partial charge >= 0.3 is 6.03 Å². The summed E-state index contributed by atoms with van der Waals surface area (Å²) in [6.07, 6.45) is 3.35. The molecule has 2 aromatic carbocycles. The molecule has 3 aliphatic rings. The number of imide groups is 1. The van der Waals surface area contributed by atoms with Gasteiger partial charge in [0.05, 0.1) is 17.5 Å². The monoisotopic (exact) mass is 481 g/mol. The fourth-order valence-electron chi connectivity index (χ4n) is 5.26. The number of hydrogen-bond acceptors (Lipinski definition) is 5. The number of carbonyl (C=O) groups is 3. The Morgan fingerprint density at radius 1 is 1.12 bits per heavy atom. The van der Waals surface area contributed by atoms with Crippen molar-refractivity contribution < 1.29 is 22.8 Å². The number of rotatable bonds is 5. The topological polar surface area (TPSA) is 104 Å². The zero-order chi connectivity index (χ0) is 24.1. The summed E-state index contributed by atoms with van der Waals surface area (Å²) in [5.74, 6) is -1.11. The number of nitrogens with one attached hydrogen (secondary N) is 1. The number of amides is 4. The lowest BCUT2D eigenvalue weighted by molar-refractivity contribution is -0.134. The number of sulfone groups is 1. The van der Waals surface area contributed by atoms with Crippen molar-refractivity contribution in [3.05, 3.63) is 65.2 Å². The van der Waals surface area contributed by atoms with E-state index >= 15 is 0 Å². The first-order valence-electron chi connectivity index (χ1n) is 11.5. The van der Waals surface area contributed by atoms with E-state index in [9.17, 15) is 22.8 Å². The predicted octanol–water partition coefficient (Wildman–Crippen LogP) is 2.16. The summed E-state index contributed by atoms with van der Waals surface area (Å²) in [4.78, 5) is 42.1. The van der Waals surface area contributed by atoms with Gasteiger partial charge in [0.2, 0.25) is 5.91 Å². The van der Waals surface area contributed by atoms with Crippen LogP contribution in [-0.2, 0) is 37.8 Å². The summed E-state index contributed by atoms with van der Waals surface area (Å²) in [6, 6.07) is 13.5. The Hall–Kier alpha value is -3.20. The molecule has 2 saturated heterocycles. The molecule has 1 N–H and O–H groups in total. The molecule has 34 heavy (non-hydrogen) atoms. The smallest absolute Gasteiger partial charge is 0.319 e. The Bertz CT molecular complexity index is 1280. The van der Waals surface area contributed by atoms with Gasteiger partial charge in [0.15, 0.2) is 9.84 Å². The van der Waals surface area contributed by atoms with Crippen LogP contribution >= 0.6 is 0 Å². The molecule has 1 aliphatic carbocycles. The van der Waals surface area contributed by atoms with E-state index in [1.165, 1.54) is 16.0 Å². The summed E-state index contributed by atoms with van der Waals surface area (Å²) in [5, 5.41) is 2.78. The lowest BCUT2D eigenvalue weighted by atomic mass is 9.89. The van der Waals surface area contributed by atoms with Crippen molar-refractivity contribution in [2.24, 2.45) is 0 Å². The second kappa shape index (κ2) is 8.23. The van der Waals surface area contributed by atoms with Crippen LogP contribution in [-0.4, -0.2) is 55.3 Å². The van der Waals surface area contributed by atoms with Gasteiger partial charge in [0.1, 0.15) is 12.1 Å². The maximum absolute atomic E-state index is 13.4. The van der Waals surface area contributed by atoms with E-state index in [1.54, 1.807) is 37.3 Å². The van der Waals surface area contributed by atoms with Gasteiger partial charge in [-0.2, -0.15) is 0 Å². The van der Waals surface area contributed by atoms with Gasteiger partial charge in [-0.05, 0) is 61.4 Å². The molecule has 0 radical (unpaired) electrons. The number of carbonyl (C=O) groups excluding carboxylic acids is 3. The highest BCUT2D eigenvalue weighted by atomic mass is 32.2. The molecule has 9 heteroatoms. The highest BCUT2D eigenvalue weighted by Gasteiger charge is 2.50. The molecule has 0 bridgehead atoms. The first kappa shape index (κ1) is 22.6. The van der Waals surface area contributed by atoms with Crippen LogP contribution < -0.4 is 10.2 Å². The van der Waals surface area contributed by atoms with Crippen LogP contribution in [0.5, 0.6) is 0 Å². The number of anilines is 1. The van der Waals surface area contributed by atoms with Crippen LogP contribution in [0.15, 0.2) is 48.5 Å². The largest absolute Gasteiger partial charge is 0.325 e. The minimum atomic E-state index is -3.24. The third-order valence-electron chi connectivity index (χ3n) is 7.12. The van der Waals surface area contributed by atoms with Crippen LogP contribution in [0.1, 0.15) is 36.5 Å². The quantitative estimate of drug-likeness (QED) is 0.659. The first-order chi connectivity index (χ1) is 16.2. The number of fused-ring (bicyclic) bond motifs is 1. The number of para-hydroxylation sites is 1. The first-order valence-corrected chi connectivity index (χ1v) is 13.3.